The Balaban J connectivity index is 1.23. The minimum absolute atomic E-state index is 0.0917. The second-order valence-electron chi connectivity index (χ2n) is 9.14. The number of nitrogens with one attached hydrogen (secondary N) is 1. The van der Waals surface area contributed by atoms with E-state index in [1.165, 1.54) is 17.2 Å². The molecule has 1 aromatic heterocycles. The Morgan fingerprint density at radius 1 is 1.12 bits per heavy atom. The molecule has 1 N–H and O–H groups in total. The van der Waals surface area contributed by atoms with Gasteiger partial charge in [-0.15, -0.1) is 0 Å². The van der Waals surface area contributed by atoms with Crippen LogP contribution in [-0.2, 0) is 33.3 Å². The molecule has 1 saturated carbocycles. The Kier molecular flexibility index (Phi) is 5.50. The summed E-state index contributed by atoms with van der Waals surface area (Å²) in [5.74, 6) is -5.65. The first-order valence-electron chi connectivity index (χ1n) is 11.4. The average molecular weight is 467 g/mol. The quantitative estimate of drug-likeness (QED) is 0.632. The molecular formula is C25H23F2N3O4. The number of alkyl halides is 2. The first kappa shape index (κ1) is 22.3. The van der Waals surface area contributed by atoms with Gasteiger partial charge in [0.1, 0.15) is 11.7 Å². The van der Waals surface area contributed by atoms with Crippen molar-refractivity contribution >= 4 is 23.5 Å². The number of hydrogen-bond acceptors (Lipinski definition) is 5. The van der Waals surface area contributed by atoms with Gasteiger partial charge in [-0.1, -0.05) is 18.2 Å². The van der Waals surface area contributed by atoms with Crippen LogP contribution >= 0.6 is 0 Å². The lowest BCUT2D eigenvalue weighted by molar-refractivity contribution is -0.145. The number of imide groups is 1. The van der Waals surface area contributed by atoms with Gasteiger partial charge in [0.25, 0.3) is 5.91 Å². The zero-order valence-electron chi connectivity index (χ0n) is 18.4. The fourth-order valence-corrected chi connectivity index (χ4v) is 4.59. The molecule has 5 rings (SSSR count). The van der Waals surface area contributed by atoms with E-state index in [9.17, 15) is 28.0 Å². The molecule has 2 aromatic rings. The number of benzene rings is 1. The first-order valence-corrected chi connectivity index (χ1v) is 11.4. The van der Waals surface area contributed by atoms with Crippen molar-refractivity contribution in [3.8, 4) is 0 Å². The van der Waals surface area contributed by atoms with Crippen LogP contribution in [-0.4, -0.2) is 39.4 Å². The molecule has 3 heterocycles. The Hall–Kier alpha value is -3.49. The van der Waals surface area contributed by atoms with E-state index < -0.39 is 29.3 Å². The van der Waals surface area contributed by atoms with Crippen LogP contribution in [0.5, 0.6) is 0 Å². The van der Waals surface area contributed by atoms with Gasteiger partial charge < -0.3 is 4.90 Å². The molecule has 1 atom stereocenters. The largest absolute Gasteiger partial charge is 0.346 e. The number of aromatic nitrogens is 1. The lowest BCUT2D eigenvalue weighted by atomic mass is 9.99. The van der Waals surface area contributed by atoms with Crippen LogP contribution in [0.25, 0.3) is 0 Å². The second-order valence-corrected chi connectivity index (χ2v) is 9.14. The third-order valence-electron chi connectivity index (χ3n) is 6.74. The van der Waals surface area contributed by atoms with Crippen molar-refractivity contribution < 1.29 is 28.0 Å². The van der Waals surface area contributed by atoms with E-state index in [0.29, 0.717) is 22.6 Å². The van der Waals surface area contributed by atoms with Crippen molar-refractivity contribution in [2.75, 3.05) is 0 Å². The van der Waals surface area contributed by atoms with E-state index in [1.807, 2.05) is 0 Å². The maximum atomic E-state index is 14.7. The number of amides is 3. The number of halogens is 2. The number of carbonyl (C=O) groups excluding carboxylic acids is 4. The van der Waals surface area contributed by atoms with Gasteiger partial charge in [-0.2, -0.15) is 8.78 Å². The molecule has 2 aliphatic heterocycles. The SMILES string of the molecule is O=C1CCC(N2Cc3cc(CCC(=O)C(F)(F)c4ccc(C5CC5)cn4)ccc3C2=O)C(=O)N1. The Bertz CT molecular complexity index is 1190. The topological polar surface area (TPSA) is 96.4 Å². The molecule has 0 radical (unpaired) electrons. The smallest absolute Gasteiger partial charge is 0.322 e. The zero-order valence-corrected chi connectivity index (χ0v) is 18.4. The van der Waals surface area contributed by atoms with E-state index in [1.54, 1.807) is 24.3 Å². The molecule has 1 aliphatic carbocycles. The fraction of sp³-hybridized carbons (Fsp3) is 0.400. The highest BCUT2D eigenvalue weighted by atomic mass is 19.3. The molecule has 7 nitrogen and oxygen atoms in total. The number of Topliss-reactive ketones (excluding diaryl/α,β-unsaturated/α-hetero) is 1. The molecular weight excluding hydrogens is 444 g/mol. The number of piperidine rings is 1. The highest BCUT2D eigenvalue weighted by Crippen LogP contribution is 2.40. The summed E-state index contributed by atoms with van der Waals surface area (Å²) < 4.78 is 29.3. The van der Waals surface area contributed by atoms with Gasteiger partial charge >= 0.3 is 5.92 Å². The summed E-state index contributed by atoms with van der Waals surface area (Å²) in [6, 6.07) is 7.08. The lowest BCUT2D eigenvalue weighted by Gasteiger charge is -2.29. The van der Waals surface area contributed by atoms with Crippen molar-refractivity contribution in [1.29, 1.82) is 0 Å². The second kappa shape index (κ2) is 8.38. The third-order valence-corrected chi connectivity index (χ3v) is 6.74. The number of rotatable bonds is 7. The molecule has 3 amide bonds. The number of carbonyl (C=O) groups is 4. The molecule has 1 aromatic carbocycles. The van der Waals surface area contributed by atoms with Crippen LogP contribution < -0.4 is 5.32 Å². The molecule has 1 saturated heterocycles. The first-order chi connectivity index (χ1) is 16.2. The van der Waals surface area contributed by atoms with E-state index in [4.69, 9.17) is 0 Å². The monoisotopic (exact) mass is 467 g/mol. The molecule has 0 spiro atoms. The lowest BCUT2D eigenvalue weighted by Crippen LogP contribution is -2.52. The minimum atomic E-state index is -3.67. The van der Waals surface area contributed by atoms with Crippen LogP contribution in [0.2, 0.25) is 0 Å². The van der Waals surface area contributed by atoms with Gasteiger partial charge in [0.2, 0.25) is 17.6 Å². The summed E-state index contributed by atoms with van der Waals surface area (Å²) in [7, 11) is 0. The Morgan fingerprint density at radius 3 is 2.59 bits per heavy atom. The summed E-state index contributed by atoms with van der Waals surface area (Å²) in [6.45, 7) is 0.190. The van der Waals surface area contributed by atoms with Gasteiger partial charge in [0.05, 0.1) is 0 Å². The van der Waals surface area contributed by atoms with Crippen LogP contribution in [0, 0.1) is 0 Å². The maximum absolute atomic E-state index is 14.7. The highest BCUT2D eigenvalue weighted by molar-refractivity contribution is 6.05. The predicted molar refractivity (Wildman–Crippen MR) is 116 cm³/mol. The van der Waals surface area contributed by atoms with Gasteiger partial charge in [-0.3, -0.25) is 29.5 Å². The summed E-state index contributed by atoms with van der Waals surface area (Å²) in [5.41, 5.74) is 2.14. The third kappa shape index (κ3) is 4.10. The van der Waals surface area contributed by atoms with E-state index in [-0.39, 0.29) is 44.0 Å². The molecule has 0 bridgehead atoms. The Morgan fingerprint density at radius 2 is 1.91 bits per heavy atom. The fourth-order valence-electron chi connectivity index (χ4n) is 4.59. The standard InChI is InChI=1S/C25H23F2N3O4/c26-25(27,20-8-5-16(12-28-20)15-3-4-15)21(31)9-2-14-1-6-18-17(11-14)13-30(24(18)34)19-7-10-22(32)29-23(19)33/h1,5-6,8,11-12,15,19H,2-4,7,9-10,13H2,(H,29,32,33). The summed E-state index contributed by atoms with van der Waals surface area (Å²) in [5, 5.41) is 2.25. The summed E-state index contributed by atoms with van der Waals surface area (Å²) >= 11 is 0. The normalized spacial score (nSPS) is 20.4. The highest BCUT2D eigenvalue weighted by Gasteiger charge is 2.42. The van der Waals surface area contributed by atoms with Crippen molar-refractivity contribution in [2.45, 2.75) is 63.0 Å². The molecule has 9 heteroatoms. The molecule has 3 aliphatic rings. The van der Waals surface area contributed by atoms with Crippen molar-refractivity contribution in [3.05, 3.63) is 64.5 Å². The number of pyridine rings is 1. The van der Waals surface area contributed by atoms with Gasteiger partial charge in [-0.25, -0.2) is 0 Å². The molecule has 176 valence electrons. The maximum Gasteiger partial charge on any atom is 0.346 e. The van der Waals surface area contributed by atoms with Crippen LogP contribution in [0.1, 0.15) is 70.8 Å². The Labute approximate surface area is 194 Å². The van der Waals surface area contributed by atoms with Gasteiger partial charge in [0.15, 0.2) is 0 Å². The average Bonchev–Trinajstić information content (AvgIpc) is 3.62. The van der Waals surface area contributed by atoms with Crippen molar-refractivity contribution in [3.63, 3.8) is 0 Å². The van der Waals surface area contributed by atoms with Crippen molar-refractivity contribution in [1.82, 2.24) is 15.2 Å². The van der Waals surface area contributed by atoms with E-state index in [2.05, 4.69) is 10.3 Å². The van der Waals surface area contributed by atoms with E-state index in [0.717, 1.165) is 18.4 Å². The van der Waals surface area contributed by atoms with E-state index >= 15 is 0 Å². The van der Waals surface area contributed by atoms with Gasteiger partial charge in [0, 0.05) is 31.1 Å². The summed E-state index contributed by atoms with van der Waals surface area (Å²) in [4.78, 5) is 53.9. The van der Waals surface area contributed by atoms with Crippen LogP contribution in [0.3, 0.4) is 0 Å². The number of ketones is 1. The number of hydrogen-bond donors (Lipinski definition) is 1. The van der Waals surface area contributed by atoms with Crippen LogP contribution in [0.4, 0.5) is 8.78 Å². The molecule has 1 unspecified atom stereocenters. The zero-order chi connectivity index (χ0) is 24.0. The number of aryl methyl sites for hydroxylation is 1. The number of fused-ring (bicyclic) bond motifs is 1. The van der Waals surface area contributed by atoms with Crippen LogP contribution in [0.15, 0.2) is 36.5 Å². The van der Waals surface area contributed by atoms with Crippen molar-refractivity contribution in [2.24, 2.45) is 0 Å². The summed E-state index contributed by atoms with van der Waals surface area (Å²) in [6.07, 6.45) is 3.64. The molecule has 2 fully saturated rings. The number of nitrogens with zero attached hydrogens (tertiary/aromatic N) is 2. The molecule has 34 heavy (non-hydrogen) atoms. The van der Waals surface area contributed by atoms with Gasteiger partial charge in [-0.05, 0) is 60.4 Å². The minimum Gasteiger partial charge on any atom is -0.322 e. The predicted octanol–water partition coefficient (Wildman–Crippen LogP) is 3.01.